The van der Waals surface area contributed by atoms with Crippen molar-refractivity contribution in [2.24, 2.45) is 5.92 Å². The zero-order valence-corrected chi connectivity index (χ0v) is 16.9. The average Bonchev–Trinajstić information content (AvgIpc) is 3.04. The van der Waals surface area contributed by atoms with Crippen molar-refractivity contribution in [3.63, 3.8) is 0 Å². The Kier molecular flexibility index (Phi) is 4.81. The maximum absolute atomic E-state index is 14.5. The molecule has 2 aliphatic rings. The largest absolute Gasteiger partial charge is 0.394 e. The summed E-state index contributed by atoms with van der Waals surface area (Å²) in [4.78, 5) is 15.7. The minimum atomic E-state index is -0.687. The highest BCUT2D eigenvalue weighted by atomic mass is 19.1. The summed E-state index contributed by atoms with van der Waals surface area (Å²) in [6.07, 6.45) is 3.64. The summed E-state index contributed by atoms with van der Waals surface area (Å²) >= 11 is 0. The molecular weight excluding hydrogens is 405 g/mol. The highest BCUT2D eigenvalue weighted by molar-refractivity contribution is 5.92. The highest BCUT2D eigenvalue weighted by Gasteiger charge is 2.43. The van der Waals surface area contributed by atoms with Gasteiger partial charge in [0.1, 0.15) is 17.5 Å². The number of H-pyrrole nitrogens is 1. The first-order valence-electron chi connectivity index (χ1n) is 10.6. The van der Waals surface area contributed by atoms with Crippen LogP contribution in [0.25, 0.3) is 22.2 Å². The van der Waals surface area contributed by atoms with Gasteiger partial charge in [-0.05, 0) is 79.5 Å². The van der Waals surface area contributed by atoms with Gasteiger partial charge in [0.15, 0.2) is 0 Å². The molecule has 0 aliphatic heterocycles. The monoisotopic (exact) mass is 428 g/mol. The number of fused-ring (bicyclic) bond motifs is 1. The van der Waals surface area contributed by atoms with E-state index in [4.69, 9.17) is 0 Å². The number of hydrogen-bond donors (Lipinski definition) is 3. The Morgan fingerprint density at radius 2 is 1.81 bits per heavy atom. The van der Waals surface area contributed by atoms with Crippen LogP contribution in [-0.2, 0) is 4.79 Å². The van der Waals surface area contributed by atoms with Crippen LogP contribution in [0.3, 0.4) is 0 Å². The van der Waals surface area contributed by atoms with Gasteiger partial charge in [-0.3, -0.25) is 4.79 Å². The molecule has 7 heteroatoms. The van der Waals surface area contributed by atoms with Crippen molar-refractivity contribution in [1.29, 1.82) is 0 Å². The lowest BCUT2D eigenvalue weighted by Gasteiger charge is -2.44. The molecule has 3 aromatic rings. The first kappa shape index (κ1) is 20.1. The van der Waals surface area contributed by atoms with Gasteiger partial charge in [0.2, 0.25) is 5.91 Å². The third-order valence-electron chi connectivity index (χ3n) is 6.92. The number of nitrogens with one attached hydrogen (secondary N) is 2. The molecule has 5 rings (SSSR count). The van der Waals surface area contributed by atoms with Crippen molar-refractivity contribution in [3.05, 3.63) is 59.4 Å². The van der Waals surface area contributed by atoms with Crippen LogP contribution in [0, 0.1) is 23.4 Å². The summed E-state index contributed by atoms with van der Waals surface area (Å²) in [5, 5.41) is 13.0. The van der Waals surface area contributed by atoms with Gasteiger partial charge >= 0.3 is 0 Å². The van der Waals surface area contributed by atoms with Crippen molar-refractivity contribution in [2.45, 2.75) is 43.6 Å². The van der Waals surface area contributed by atoms with E-state index in [1.165, 1.54) is 18.2 Å². The van der Waals surface area contributed by atoms with Crippen LogP contribution in [0.2, 0.25) is 0 Å². The van der Waals surface area contributed by atoms with E-state index < -0.39 is 17.2 Å². The number of amides is 1. The predicted molar refractivity (Wildman–Crippen MR) is 111 cm³/mol. The number of hydrogen-bond acceptors (Lipinski definition) is 2. The molecule has 4 nitrogen and oxygen atoms in total. The molecule has 3 N–H and O–H groups in total. The molecule has 2 fully saturated rings. The SMILES string of the molecule is O=C(NC1(CO)CCC1)C1CC(c2c(-c3ccc(F)cc3)[nH]c3c(F)cc(F)cc23)C1. The Balaban J connectivity index is 1.46. The molecule has 0 atom stereocenters. The minimum absolute atomic E-state index is 0.0581. The standard InChI is InChI=1S/C24H23F3N2O2/c25-16-4-2-13(3-5-16)21-20(18-10-17(26)11-19(27)22(18)28-21)14-8-15(9-14)23(31)29-24(12-30)6-1-7-24/h2-5,10-11,14-15,28,30H,1,6-9,12H2,(H,29,31). The number of carbonyl (C=O) groups is 1. The number of rotatable bonds is 5. The number of aromatic amines is 1. The number of benzene rings is 2. The molecule has 2 saturated carbocycles. The Labute approximate surface area is 177 Å². The number of carbonyl (C=O) groups excluding carboxylic acids is 1. The van der Waals surface area contributed by atoms with E-state index in [-0.39, 0.29) is 35.7 Å². The molecule has 0 saturated heterocycles. The normalized spacial score (nSPS) is 22.1. The predicted octanol–water partition coefficient (Wildman–Crippen LogP) is 4.78. The number of aliphatic hydroxyl groups excluding tert-OH is 1. The van der Waals surface area contributed by atoms with Gasteiger partial charge in [0, 0.05) is 17.4 Å². The molecule has 0 spiro atoms. The van der Waals surface area contributed by atoms with E-state index >= 15 is 0 Å². The Hall–Kier alpha value is -2.80. The molecule has 2 aliphatic carbocycles. The summed E-state index contributed by atoms with van der Waals surface area (Å²) in [5.41, 5.74) is 1.76. The fourth-order valence-electron chi connectivity index (χ4n) is 4.87. The topological polar surface area (TPSA) is 65.1 Å². The molecular formula is C24H23F3N2O2. The maximum Gasteiger partial charge on any atom is 0.223 e. The fourth-order valence-corrected chi connectivity index (χ4v) is 4.87. The number of aromatic nitrogens is 1. The van der Waals surface area contributed by atoms with Gasteiger partial charge in [0.25, 0.3) is 0 Å². The van der Waals surface area contributed by atoms with Crippen LogP contribution in [-0.4, -0.2) is 28.1 Å². The van der Waals surface area contributed by atoms with Gasteiger partial charge in [-0.1, -0.05) is 0 Å². The second kappa shape index (κ2) is 7.41. The summed E-state index contributed by atoms with van der Waals surface area (Å²) < 4.78 is 41.9. The van der Waals surface area contributed by atoms with Gasteiger partial charge in [-0.25, -0.2) is 13.2 Å². The van der Waals surface area contributed by atoms with Crippen molar-refractivity contribution >= 4 is 16.8 Å². The van der Waals surface area contributed by atoms with E-state index in [0.29, 0.717) is 29.5 Å². The summed E-state index contributed by atoms with van der Waals surface area (Å²) in [7, 11) is 0. The second-order valence-electron chi connectivity index (χ2n) is 8.88. The summed E-state index contributed by atoms with van der Waals surface area (Å²) in [5.74, 6) is -2.08. The molecule has 2 aromatic carbocycles. The van der Waals surface area contributed by atoms with E-state index in [1.54, 1.807) is 12.1 Å². The van der Waals surface area contributed by atoms with Gasteiger partial charge < -0.3 is 15.4 Å². The van der Waals surface area contributed by atoms with Crippen molar-refractivity contribution in [3.8, 4) is 11.3 Å². The van der Waals surface area contributed by atoms with Gasteiger partial charge in [-0.2, -0.15) is 0 Å². The van der Waals surface area contributed by atoms with Crippen LogP contribution in [0.1, 0.15) is 43.6 Å². The highest BCUT2D eigenvalue weighted by Crippen LogP contribution is 2.48. The van der Waals surface area contributed by atoms with Crippen LogP contribution >= 0.6 is 0 Å². The zero-order chi connectivity index (χ0) is 21.8. The third kappa shape index (κ3) is 3.41. The lowest BCUT2D eigenvalue weighted by Crippen LogP contribution is -2.58. The molecule has 0 unspecified atom stereocenters. The quantitative estimate of drug-likeness (QED) is 0.548. The first-order valence-corrected chi connectivity index (χ1v) is 10.6. The van der Waals surface area contributed by atoms with Gasteiger partial charge in [0.05, 0.1) is 23.4 Å². The first-order chi connectivity index (χ1) is 14.9. The van der Waals surface area contributed by atoms with E-state index in [0.717, 1.165) is 30.9 Å². The molecule has 1 amide bonds. The van der Waals surface area contributed by atoms with E-state index in [1.807, 2.05) is 0 Å². The molecule has 0 radical (unpaired) electrons. The van der Waals surface area contributed by atoms with Crippen molar-refractivity contribution < 1.29 is 23.1 Å². The minimum Gasteiger partial charge on any atom is -0.394 e. The Morgan fingerprint density at radius 1 is 1.10 bits per heavy atom. The van der Waals surface area contributed by atoms with Crippen molar-refractivity contribution in [1.82, 2.24) is 10.3 Å². The van der Waals surface area contributed by atoms with Crippen LogP contribution < -0.4 is 5.32 Å². The van der Waals surface area contributed by atoms with E-state index in [9.17, 15) is 23.1 Å². The Bertz CT molecular complexity index is 1140. The third-order valence-corrected chi connectivity index (χ3v) is 6.92. The summed E-state index contributed by atoms with van der Waals surface area (Å²) in [6.45, 7) is -0.0649. The summed E-state index contributed by atoms with van der Waals surface area (Å²) in [6, 6.07) is 7.99. The van der Waals surface area contributed by atoms with Crippen molar-refractivity contribution in [2.75, 3.05) is 6.61 Å². The molecule has 162 valence electrons. The number of aliphatic hydroxyl groups is 1. The Morgan fingerprint density at radius 3 is 2.42 bits per heavy atom. The van der Waals surface area contributed by atoms with Crippen LogP contribution in [0.4, 0.5) is 13.2 Å². The molecule has 1 heterocycles. The maximum atomic E-state index is 14.5. The molecule has 31 heavy (non-hydrogen) atoms. The lowest BCUT2D eigenvalue weighted by atomic mass is 9.69. The average molecular weight is 428 g/mol. The molecule has 0 bridgehead atoms. The van der Waals surface area contributed by atoms with Crippen LogP contribution in [0.5, 0.6) is 0 Å². The second-order valence-corrected chi connectivity index (χ2v) is 8.88. The zero-order valence-electron chi connectivity index (χ0n) is 16.9. The fraction of sp³-hybridized carbons (Fsp3) is 0.375. The smallest absolute Gasteiger partial charge is 0.223 e. The lowest BCUT2D eigenvalue weighted by molar-refractivity contribution is -0.132. The van der Waals surface area contributed by atoms with E-state index in [2.05, 4.69) is 10.3 Å². The van der Waals surface area contributed by atoms with Gasteiger partial charge in [-0.15, -0.1) is 0 Å². The number of halogens is 3. The van der Waals surface area contributed by atoms with Crippen LogP contribution in [0.15, 0.2) is 36.4 Å². The molecule has 1 aromatic heterocycles.